The lowest BCUT2D eigenvalue weighted by Crippen LogP contribution is -2.32. The number of carbonyl (C=O) groups excluding carboxylic acids is 1. The van der Waals surface area contributed by atoms with Crippen molar-refractivity contribution in [1.29, 1.82) is 0 Å². The molecule has 0 radical (unpaired) electrons. The highest BCUT2D eigenvalue weighted by Gasteiger charge is 2.12. The number of halogens is 1. The standard InChI is InChI=1S/C22H27FN2O2S/c1-16-3-4-18(15-25-9-11-28-12-10-25)14-20(16)24-22(26)8-6-17-5-7-21(27-2)19(23)13-17/h3-5,7,13-14H,6,8-12,15H2,1-2H3,(H,24,26). The summed E-state index contributed by atoms with van der Waals surface area (Å²) >= 11 is 2.00. The van der Waals surface area contributed by atoms with Crippen LogP contribution >= 0.6 is 11.8 Å². The molecular formula is C22H27FN2O2S. The van der Waals surface area contributed by atoms with E-state index >= 15 is 0 Å². The van der Waals surface area contributed by atoms with Gasteiger partial charge >= 0.3 is 0 Å². The van der Waals surface area contributed by atoms with Crippen molar-refractivity contribution >= 4 is 23.4 Å². The minimum absolute atomic E-state index is 0.0640. The highest BCUT2D eigenvalue weighted by atomic mass is 32.2. The third kappa shape index (κ3) is 5.72. The number of amides is 1. The van der Waals surface area contributed by atoms with E-state index in [0.29, 0.717) is 12.8 Å². The summed E-state index contributed by atoms with van der Waals surface area (Å²) < 4.78 is 18.7. The Hall–Kier alpha value is -2.05. The first-order chi connectivity index (χ1) is 13.5. The van der Waals surface area contributed by atoms with Crippen LogP contribution in [0.5, 0.6) is 5.75 Å². The Morgan fingerprint density at radius 3 is 2.64 bits per heavy atom. The molecule has 0 saturated carbocycles. The number of rotatable bonds is 7. The summed E-state index contributed by atoms with van der Waals surface area (Å²) in [6.07, 6.45) is 0.787. The van der Waals surface area contributed by atoms with Crippen LogP contribution in [0.25, 0.3) is 0 Å². The third-order valence-corrected chi connectivity index (χ3v) is 5.89. The highest BCUT2D eigenvalue weighted by Crippen LogP contribution is 2.21. The minimum atomic E-state index is -0.403. The summed E-state index contributed by atoms with van der Waals surface area (Å²) in [4.78, 5) is 14.9. The molecule has 3 rings (SSSR count). The second-order valence-corrected chi connectivity index (χ2v) is 8.28. The third-order valence-electron chi connectivity index (χ3n) is 4.94. The largest absolute Gasteiger partial charge is 0.494 e. The SMILES string of the molecule is COc1ccc(CCC(=O)Nc2cc(CN3CCSCC3)ccc2C)cc1F. The Balaban J connectivity index is 1.57. The molecule has 2 aromatic rings. The molecule has 0 spiro atoms. The lowest BCUT2D eigenvalue weighted by molar-refractivity contribution is -0.116. The van der Waals surface area contributed by atoms with Gasteiger partial charge in [0.2, 0.25) is 5.91 Å². The first kappa shape index (κ1) is 20.7. The monoisotopic (exact) mass is 402 g/mol. The summed E-state index contributed by atoms with van der Waals surface area (Å²) in [5.74, 6) is 2.11. The minimum Gasteiger partial charge on any atom is -0.494 e. The fraction of sp³-hybridized carbons (Fsp3) is 0.409. The van der Waals surface area contributed by atoms with Crippen molar-refractivity contribution in [2.75, 3.05) is 37.0 Å². The quantitative estimate of drug-likeness (QED) is 0.751. The van der Waals surface area contributed by atoms with Gasteiger partial charge in [-0.1, -0.05) is 18.2 Å². The molecule has 0 aromatic heterocycles. The second-order valence-electron chi connectivity index (χ2n) is 7.05. The molecule has 1 N–H and O–H groups in total. The number of anilines is 1. The lowest BCUT2D eigenvalue weighted by atomic mass is 10.1. The Morgan fingerprint density at radius 1 is 1.18 bits per heavy atom. The first-order valence-electron chi connectivity index (χ1n) is 9.57. The average Bonchev–Trinajstić information content (AvgIpc) is 2.70. The van der Waals surface area contributed by atoms with Crippen LogP contribution < -0.4 is 10.1 Å². The van der Waals surface area contributed by atoms with Crippen LogP contribution in [0, 0.1) is 12.7 Å². The number of nitrogens with zero attached hydrogens (tertiary/aromatic N) is 1. The molecule has 6 heteroatoms. The Kier molecular flexibility index (Phi) is 7.34. The number of carbonyl (C=O) groups is 1. The van der Waals surface area contributed by atoms with E-state index in [4.69, 9.17) is 4.74 Å². The number of aryl methyl sites for hydroxylation is 2. The number of hydrogen-bond donors (Lipinski definition) is 1. The molecule has 0 aliphatic carbocycles. The Bertz CT molecular complexity index is 822. The van der Waals surface area contributed by atoms with Crippen molar-refractivity contribution in [1.82, 2.24) is 4.90 Å². The van der Waals surface area contributed by atoms with E-state index in [1.165, 1.54) is 30.2 Å². The summed E-state index contributed by atoms with van der Waals surface area (Å²) in [5, 5.41) is 3.02. The zero-order valence-corrected chi connectivity index (χ0v) is 17.3. The van der Waals surface area contributed by atoms with Gasteiger partial charge in [-0.15, -0.1) is 0 Å². The molecule has 1 amide bonds. The highest BCUT2D eigenvalue weighted by molar-refractivity contribution is 7.99. The van der Waals surface area contributed by atoms with E-state index in [-0.39, 0.29) is 11.7 Å². The van der Waals surface area contributed by atoms with Gasteiger partial charge in [-0.2, -0.15) is 11.8 Å². The maximum Gasteiger partial charge on any atom is 0.224 e. The normalized spacial score (nSPS) is 14.7. The van der Waals surface area contributed by atoms with Crippen molar-refractivity contribution in [2.45, 2.75) is 26.3 Å². The molecule has 150 valence electrons. The average molecular weight is 403 g/mol. The van der Waals surface area contributed by atoms with Gasteiger partial charge in [-0.3, -0.25) is 9.69 Å². The van der Waals surface area contributed by atoms with Gasteiger partial charge < -0.3 is 10.1 Å². The van der Waals surface area contributed by atoms with Crippen LogP contribution in [-0.2, 0) is 17.8 Å². The van der Waals surface area contributed by atoms with Gasteiger partial charge in [-0.05, 0) is 48.2 Å². The van der Waals surface area contributed by atoms with Gasteiger partial charge in [0.1, 0.15) is 0 Å². The summed E-state index contributed by atoms with van der Waals surface area (Å²) in [7, 11) is 1.44. The molecule has 1 saturated heterocycles. The summed E-state index contributed by atoms with van der Waals surface area (Å²) in [6.45, 7) is 5.13. The van der Waals surface area contributed by atoms with Crippen molar-refractivity contribution in [3.05, 3.63) is 58.9 Å². The molecule has 2 aromatic carbocycles. The molecule has 4 nitrogen and oxygen atoms in total. The van der Waals surface area contributed by atoms with E-state index in [1.54, 1.807) is 12.1 Å². The van der Waals surface area contributed by atoms with E-state index in [0.717, 1.165) is 36.4 Å². The van der Waals surface area contributed by atoms with E-state index < -0.39 is 5.82 Å². The topological polar surface area (TPSA) is 41.6 Å². The van der Waals surface area contributed by atoms with Crippen molar-refractivity contribution in [2.24, 2.45) is 0 Å². The predicted molar refractivity (Wildman–Crippen MR) is 114 cm³/mol. The first-order valence-corrected chi connectivity index (χ1v) is 10.7. The number of nitrogens with one attached hydrogen (secondary N) is 1. The van der Waals surface area contributed by atoms with Crippen molar-refractivity contribution in [3.8, 4) is 5.75 Å². The van der Waals surface area contributed by atoms with Gasteiger partial charge in [-0.25, -0.2) is 4.39 Å². The predicted octanol–water partition coefficient (Wildman–Crippen LogP) is 4.26. The molecular weight excluding hydrogens is 375 g/mol. The van der Waals surface area contributed by atoms with Crippen LogP contribution in [0.3, 0.4) is 0 Å². The zero-order chi connectivity index (χ0) is 19.9. The van der Waals surface area contributed by atoms with E-state index in [2.05, 4.69) is 28.4 Å². The molecule has 0 bridgehead atoms. The lowest BCUT2D eigenvalue weighted by Gasteiger charge is -2.26. The Morgan fingerprint density at radius 2 is 1.93 bits per heavy atom. The van der Waals surface area contributed by atoms with Gasteiger partial charge in [0.05, 0.1) is 7.11 Å². The molecule has 1 heterocycles. The maximum absolute atomic E-state index is 13.8. The van der Waals surface area contributed by atoms with Crippen molar-refractivity contribution in [3.63, 3.8) is 0 Å². The van der Waals surface area contributed by atoms with E-state index in [9.17, 15) is 9.18 Å². The summed E-state index contributed by atoms with van der Waals surface area (Å²) in [5.41, 5.74) is 3.89. The van der Waals surface area contributed by atoms with Crippen LogP contribution in [0.1, 0.15) is 23.1 Å². The van der Waals surface area contributed by atoms with E-state index in [1.807, 2.05) is 18.7 Å². The molecule has 1 aliphatic heterocycles. The zero-order valence-electron chi connectivity index (χ0n) is 16.5. The van der Waals surface area contributed by atoms with Crippen molar-refractivity contribution < 1.29 is 13.9 Å². The van der Waals surface area contributed by atoms with Crippen LogP contribution in [0.15, 0.2) is 36.4 Å². The fourth-order valence-electron chi connectivity index (χ4n) is 3.26. The van der Waals surface area contributed by atoms with Crippen LogP contribution in [0.2, 0.25) is 0 Å². The molecule has 1 aliphatic rings. The maximum atomic E-state index is 13.8. The second kappa shape index (κ2) is 9.94. The molecule has 0 atom stereocenters. The summed E-state index contributed by atoms with van der Waals surface area (Å²) in [6, 6.07) is 11.1. The van der Waals surface area contributed by atoms with Gasteiger partial charge in [0.15, 0.2) is 11.6 Å². The van der Waals surface area contributed by atoms with Gasteiger partial charge in [0.25, 0.3) is 0 Å². The number of methoxy groups -OCH3 is 1. The molecule has 0 unspecified atom stereocenters. The fourth-order valence-corrected chi connectivity index (χ4v) is 4.23. The number of hydrogen-bond acceptors (Lipinski definition) is 4. The number of ether oxygens (including phenoxy) is 1. The van der Waals surface area contributed by atoms with Gasteiger partial charge in [0, 0.05) is 43.2 Å². The van der Waals surface area contributed by atoms with Crippen LogP contribution in [-0.4, -0.2) is 42.5 Å². The van der Waals surface area contributed by atoms with Crippen LogP contribution in [0.4, 0.5) is 10.1 Å². The number of thioether (sulfide) groups is 1. The Labute approximate surface area is 170 Å². The number of benzene rings is 2. The molecule has 1 fully saturated rings. The molecule has 28 heavy (non-hydrogen) atoms. The smallest absolute Gasteiger partial charge is 0.224 e.